The summed E-state index contributed by atoms with van der Waals surface area (Å²) in [6.45, 7) is -0.167. The number of halogens is 2. The number of likely N-dealkylation sites (tertiary alicyclic amines) is 1. The number of hydrogen-bond donors (Lipinski definition) is 1. The van der Waals surface area contributed by atoms with Crippen LogP contribution in [0.5, 0.6) is 0 Å². The molecular weight excluding hydrogens is 330 g/mol. The first-order valence-corrected chi connectivity index (χ1v) is 8.79. The first kappa shape index (κ1) is 17.3. The lowest BCUT2D eigenvalue weighted by Gasteiger charge is -2.24. The Morgan fingerprint density at radius 2 is 2.09 bits per heavy atom. The van der Waals surface area contributed by atoms with E-state index in [9.17, 15) is 26.8 Å². The number of benzene rings is 1. The maximum Gasteiger partial charge on any atom is 0.235 e. The molecule has 0 radical (unpaired) electrons. The highest BCUT2D eigenvalue weighted by molar-refractivity contribution is 7.89. The molecule has 2 amide bonds. The fourth-order valence-electron chi connectivity index (χ4n) is 2.54. The van der Waals surface area contributed by atoms with Gasteiger partial charge in [0.05, 0.1) is 6.26 Å². The molecule has 0 spiro atoms. The molecule has 23 heavy (non-hydrogen) atoms. The van der Waals surface area contributed by atoms with Crippen molar-refractivity contribution in [2.75, 3.05) is 6.26 Å². The summed E-state index contributed by atoms with van der Waals surface area (Å²) in [5.41, 5.74) is 0.00812. The summed E-state index contributed by atoms with van der Waals surface area (Å²) in [7, 11) is -3.68. The van der Waals surface area contributed by atoms with Crippen LogP contribution >= 0.6 is 0 Å². The fourth-order valence-corrected chi connectivity index (χ4v) is 3.04. The lowest BCUT2D eigenvalue weighted by Crippen LogP contribution is -2.38. The highest BCUT2D eigenvalue weighted by Gasteiger charge is 2.33. The van der Waals surface area contributed by atoms with E-state index in [1.165, 1.54) is 17.0 Å². The van der Waals surface area contributed by atoms with Gasteiger partial charge in [-0.25, -0.2) is 17.2 Å². The first-order valence-electron chi connectivity index (χ1n) is 6.90. The Hall–Kier alpha value is -2.03. The summed E-state index contributed by atoms with van der Waals surface area (Å²) >= 11 is 0. The molecule has 0 bridgehead atoms. The summed E-state index contributed by atoms with van der Waals surface area (Å²) in [4.78, 5) is 24.9. The Morgan fingerprint density at radius 3 is 2.74 bits per heavy atom. The molecular formula is C14H16F2N2O4S. The minimum Gasteiger partial charge on any atom is -0.335 e. The van der Waals surface area contributed by atoms with E-state index < -0.39 is 33.6 Å². The molecule has 2 rings (SSSR count). The SMILES string of the molecule is CS(=O)(=O)NC(=O)C[C@@H]1CCC(=O)N1Cc1cccc(F)c1F. The number of rotatable bonds is 5. The molecule has 0 aliphatic carbocycles. The van der Waals surface area contributed by atoms with Gasteiger partial charge in [0, 0.05) is 31.0 Å². The highest BCUT2D eigenvalue weighted by Crippen LogP contribution is 2.25. The first-order chi connectivity index (χ1) is 10.7. The second-order valence-electron chi connectivity index (χ2n) is 5.43. The predicted molar refractivity (Wildman–Crippen MR) is 77.5 cm³/mol. The summed E-state index contributed by atoms with van der Waals surface area (Å²) in [6, 6.07) is 3.12. The molecule has 1 aliphatic heterocycles. The highest BCUT2D eigenvalue weighted by atomic mass is 32.2. The van der Waals surface area contributed by atoms with Crippen molar-refractivity contribution in [2.24, 2.45) is 0 Å². The maximum absolute atomic E-state index is 13.7. The molecule has 1 aliphatic rings. The molecule has 1 N–H and O–H groups in total. The number of sulfonamides is 1. The Bertz CT molecular complexity index is 736. The third-order valence-corrected chi connectivity index (χ3v) is 4.14. The lowest BCUT2D eigenvalue weighted by atomic mass is 10.1. The molecule has 1 saturated heterocycles. The Kier molecular flexibility index (Phi) is 4.98. The van der Waals surface area contributed by atoms with Gasteiger partial charge in [0.2, 0.25) is 21.8 Å². The average Bonchev–Trinajstić information content (AvgIpc) is 2.74. The zero-order chi connectivity index (χ0) is 17.2. The predicted octanol–water partition coefficient (Wildman–Crippen LogP) is 0.922. The van der Waals surface area contributed by atoms with Gasteiger partial charge in [-0.1, -0.05) is 12.1 Å². The fraction of sp³-hybridized carbons (Fsp3) is 0.429. The molecule has 9 heteroatoms. The average molecular weight is 346 g/mol. The van der Waals surface area contributed by atoms with Crippen molar-refractivity contribution in [1.29, 1.82) is 0 Å². The van der Waals surface area contributed by atoms with Crippen molar-refractivity contribution >= 4 is 21.8 Å². The Balaban J connectivity index is 2.11. The van der Waals surface area contributed by atoms with Gasteiger partial charge in [-0.05, 0) is 12.5 Å². The maximum atomic E-state index is 13.7. The third kappa shape index (κ3) is 4.47. The van der Waals surface area contributed by atoms with E-state index in [0.29, 0.717) is 6.42 Å². The minimum absolute atomic E-state index is 0.00812. The number of carbonyl (C=O) groups is 2. The number of carbonyl (C=O) groups excluding carboxylic acids is 2. The van der Waals surface area contributed by atoms with Gasteiger partial charge in [-0.15, -0.1) is 0 Å². The summed E-state index contributed by atoms with van der Waals surface area (Å²) < 4.78 is 50.8. The van der Waals surface area contributed by atoms with Gasteiger partial charge in [0.15, 0.2) is 11.6 Å². The molecule has 1 fully saturated rings. The van der Waals surface area contributed by atoms with Crippen molar-refractivity contribution in [3.05, 3.63) is 35.4 Å². The second-order valence-corrected chi connectivity index (χ2v) is 7.18. The molecule has 1 heterocycles. The standard InChI is InChI=1S/C14H16F2N2O4S/c1-23(21,22)17-12(19)7-10-5-6-13(20)18(10)8-9-3-2-4-11(15)14(9)16/h2-4,10H,5-8H2,1H3,(H,17,19)/t10-/m0/s1. The zero-order valence-corrected chi connectivity index (χ0v) is 13.2. The van der Waals surface area contributed by atoms with Crippen LogP contribution in [0.4, 0.5) is 8.78 Å². The van der Waals surface area contributed by atoms with Crippen molar-refractivity contribution in [1.82, 2.24) is 9.62 Å². The van der Waals surface area contributed by atoms with Crippen molar-refractivity contribution < 1.29 is 26.8 Å². The van der Waals surface area contributed by atoms with Crippen LogP contribution in [0, 0.1) is 11.6 Å². The van der Waals surface area contributed by atoms with E-state index in [-0.39, 0.29) is 30.9 Å². The van der Waals surface area contributed by atoms with Crippen molar-refractivity contribution in [3.63, 3.8) is 0 Å². The molecule has 0 saturated carbocycles. The van der Waals surface area contributed by atoms with Gasteiger partial charge >= 0.3 is 0 Å². The number of amides is 2. The quantitative estimate of drug-likeness (QED) is 0.859. The molecule has 6 nitrogen and oxygen atoms in total. The van der Waals surface area contributed by atoms with E-state index in [0.717, 1.165) is 12.3 Å². The van der Waals surface area contributed by atoms with Gasteiger partial charge in [0.1, 0.15) is 0 Å². The number of nitrogens with zero attached hydrogens (tertiary/aromatic N) is 1. The van der Waals surface area contributed by atoms with Gasteiger partial charge in [-0.3, -0.25) is 14.3 Å². The molecule has 0 unspecified atom stereocenters. The van der Waals surface area contributed by atoms with E-state index in [4.69, 9.17) is 0 Å². The monoisotopic (exact) mass is 346 g/mol. The normalized spacial score (nSPS) is 18.3. The molecule has 1 aromatic rings. The summed E-state index contributed by atoms with van der Waals surface area (Å²) in [5.74, 6) is -3.07. The van der Waals surface area contributed by atoms with E-state index in [1.54, 1.807) is 0 Å². The second kappa shape index (κ2) is 6.61. The van der Waals surface area contributed by atoms with Crippen LogP contribution in [-0.4, -0.2) is 37.4 Å². The van der Waals surface area contributed by atoms with E-state index in [2.05, 4.69) is 0 Å². The smallest absolute Gasteiger partial charge is 0.235 e. The van der Waals surface area contributed by atoms with Gasteiger partial charge in [0.25, 0.3) is 0 Å². The zero-order valence-electron chi connectivity index (χ0n) is 12.4. The summed E-state index contributed by atoms with van der Waals surface area (Å²) in [6.07, 6.45) is 1.17. The molecule has 126 valence electrons. The Morgan fingerprint density at radius 1 is 1.39 bits per heavy atom. The van der Waals surface area contributed by atoms with E-state index >= 15 is 0 Å². The van der Waals surface area contributed by atoms with Crippen LogP contribution < -0.4 is 4.72 Å². The van der Waals surface area contributed by atoms with Crippen molar-refractivity contribution in [3.8, 4) is 0 Å². The van der Waals surface area contributed by atoms with Crippen LogP contribution in [-0.2, 0) is 26.2 Å². The topological polar surface area (TPSA) is 83.5 Å². The number of nitrogens with one attached hydrogen (secondary N) is 1. The molecule has 1 aromatic carbocycles. The van der Waals surface area contributed by atoms with Crippen LogP contribution in [0.25, 0.3) is 0 Å². The number of hydrogen-bond acceptors (Lipinski definition) is 4. The van der Waals surface area contributed by atoms with Crippen LogP contribution in [0.1, 0.15) is 24.8 Å². The van der Waals surface area contributed by atoms with Crippen LogP contribution in [0.15, 0.2) is 18.2 Å². The summed E-state index contributed by atoms with van der Waals surface area (Å²) in [5, 5.41) is 0. The van der Waals surface area contributed by atoms with Crippen LogP contribution in [0.3, 0.4) is 0 Å². The van der Waals surface area contributed by atoms with Gasteiger partial charge < -0.3 is 4.90 Å². The molecule has 1 atom stereocenters. The van der Waals surface area contributed by atoms with E-state index in [1.807, 2.05) is 4.72 Å². The molecule has 0 aromatic heterocycles. The lowest BCUT2D eigenvalue weighted by molar-refractivity contribution is -0.130. The minimum atomic E-state index is -3.68. The van der Waals surface area contributed by atoms with Crippen molar-refractivity contribution in [2.45, 2.75) is 31.8 Å². The third-order valence-electron chi connectivity index (χ3n) is 3.55. The van der Waals surface area contributed by atoms with Gasteiger partial charge in [-0.2, -0.15) is 0 Å². The van der Waals surface area contributed by atoms with Crippen LogP contribution in [0.2, 0.25) is 0 Å². The Labute approximate surface area is 132 Å². The largest absolute Gasteiger partial charge is 0.335 e.